The van der Waals surface area contributed by atoms with Crippen LogP contribution in [0.1, 0.15) is 13.8 Å². The molecule has 0 aromatic carbocycles. The highest BCUT2D eigenvalue weighted by atomic mass is 32.2. The summed E-state index contributed by atoms with van der Waals surface area (Å²) in [6.07, 6.45) is 1.60. The summed E-state index contributed by atoms with van der Waals surface area (Å²) in [5, 5.41) is 0. The molecule has 1 heterocycles. The monoisotopic (exact) mass is 177 g/mol. The van der Waals surface area contributed by atoms with Gasteiger partial charge < -0.3 is 4.55 Å². The summed E-state index contributed by atoms with van der Waals surface area (Å²) in [5.74, 6) is 0. The standard InChI is InChI=1S/C5H10N2O3S/c1-4-3-6-10-5(4,2)7-11(8)9/h3,6-7H,1-2H3,(H,8,9)/p-1. The SMILES string of the molecule is CC1=CNOC1(C)NS(=O)[O-]. The first-order chi connectivity index (χ1) is 5.04. The van der Waals surface area contributed by atoms with Crippen LogP contribution in [0.25, 0.3) is 0 Å². The molecule has 0 aromatic heterocycles. The number of hydrogen-bond donors (Lipinski definition) is 2. The third kappa shape index (κ3) is 1.78. The maximum Gasteiger partial charge on any atom is 0.176 e. The molecule has 2 N–H and O–H groups in total. The van der Waals surface area contributed by atoms with Crippen molar-refractivity contribution in [2.24, 2.45) is 0 Å². The smallest absolute Gasteiger partial charge is 0.176 e. The molecule has 1 aliphatic heterocycles. The predicted octanol–water partition coefficient (Wildman–Crippen LogP) is -0.475. The van der Waals surface area contributed by atoms with Crippen molar-refractivity contribution < 1.29 is 13.6 Å². The molecule has 2 unspecified atom stereocenters. The molecule has 6 heteroatoms. The average molecular weight is 177 g/mol. The number of nitrogens with one attached hydrogen (secondary N) is 2. The molecule has 0 bridgehead atoms. The van der Waals surface area contributed by atoms with Gasteiger partial charge in [-0.1, -0.05) is 0 Å². The largest absolute Gasteiger partial charge is 0.760 e. The van der Waals surface area contributed by atoms with Crippen molar-refractivity contribution >= 4 is 11.3 Å². The molecule has 64 valence electrons. The Morgan fingerprint density at radius 3 is 2.91 bits per heavy atom. The van der Waals surface area contributed by atoms with Crippen LogP contribution in [0.3, 0.4) is 0 Å². The molecule has 1 rings (SSSR count). The lowest BCUT2D eigenvalue weighted by Crippen LogP contribution is -2.45. The van der Waals surface area contributed by atoms with Gasteiger partial charge in [-0.3, -0.25) is 9.69 Å². The molecule has 5 nitrogen and oxygen atoms in total. The van der Waals surface area contributed by atoms with Gasteiger partial charge in [-0.05, 0) is 19.4 Å². The van der Waals surface area contributed by atoms with Crippen LogP contribution in [0.5, 0.6) is 0 Å². The first-order valence-electron chi connectivity index (χ1n) is 3.02. The zero-order valence-electron chi connectivity index (χ0n) is 6.21. The van der Waals surface area contributed by atoms with E-state index in [2.05, 4.69) is 10.2 Å². The quantitative estimate of drug-likeness (QED) is 0.559. The first kappa shape index (κ1) is 8.66. The van der Waals surface area contributed by atoms with Crippen LogP contribution in [0.15, 0.2) is 11.8 Å². The summed E-state index contributed by atoms with van der Waals surface area (Å²) < 4.78 is 22.8. The van der Waals surface area contributed by atoms with Crippen LogP contribution in [-0.4, -0.2) is 14.5 Å². The fourth-order valence-corrected chi connectivity index (χ4v) is 1.23. The second-order valence-electron chi connectivity index (χ2n) is 2.42. The zero-order valence-corrected chi connectivity index (χ0v) is 7.03. The summed E-state index contributed by atoms with van der Waals surface area (Å²) in [6.45, 7) is 3.38. The topological polar surface area (TPSA) is 73.4 Å². The molecule has 2 atom stereocenters. The summed E-state index contributed by atoms with van der Waals surface area (Å²) in [5.41, 5.74) is 2.31. The minimum Gasteiger partial charge on any atom is -0.760 e. The van der Waals surface area contributed by atoms with Crippen LogP contribution in [0, 0.1) is 0 Å². The molecular weight excluding hydrogens is 168 g/mol. The molecule has 0 aliphatic carbocycles. The molecular formula is C5H9N2O3S-. The molecule has 0 saturated heterocycles. The van der Waals surface area contributed by atoms with Gasteiger partial charge in [0.2, 0.25) is 0 Å². The minimum absolute atomic E-state index is 0.779. The van der Waals surface area contributed by atoms with Crippen molar-refractivity contribution in [2.45, 2.75) is 19.6 Å². The predicted molar refractivity (Wildman–Crippen MR) is 38.4 cm³/mol. The zero-order chi connectivity index (χ0) is 8.48. The number of hydrogen-bond acceptors (Lipinski definition) is 4. The normalized spacial score (nSPS) is 32.8. The Labute approximate surface area is 67.2 Å². The van der Waals surface area contributed by atoms with E-state index in [4.69, 9.17) is 4.84 Å². The van der Waals surface area contributed by atoms with E-state index in [1.165, 1.54) is 0 Å². The summed E-state index contributed by atoms with van der Waals surface area (Å²) in [7, 11) is 0. The van der Waals surface area contributed by atoms with E-state index >= 15 is 0 Å². The molecule has 0 spiro atoms. The van der Waals surface area contributed by atoms with Crippen molar-refractivity contribution in [1.29, 1.82) is 0 Å². The van der Waals surface area contributed by atoms with Gasteiger partial charge in [-0.25, -0.2) is 9.56 Å². The van der Waals surface area contributed by atoms with Crippen molar-refractivity contribution in [3.05, 3.63) is 11.8 Å². The fraction of sp³-hybridized carbons (Fsp3) is 0.600. The van der Waals surface area contributed by atoms with E-state index in [0.29, 0.717) is 0 Å². The van der Waals surface area contributed by atoms with E-state index in [-0.39, 0.29) is 0 Å². The molecule has 11 heavy (non-hydrogen) atoms. The Balaban J connectivity index is 2.67. The van der Waals surface area contributed by atoms with Crippen LogP contribution in [-0.2, 0) is 16.1 Å². The second-order valence-corrected chi connectivity index (χ2v) is 3.09. The van der Waals surface area contributed by atoms with Gasteiger partial charge in [-0.2, -0.15) is 0 Å². The van der Waals surface area contributed by atoms with Gasteiger partial charge in [0, 0.05) is 17.5 Å². The van der Waals surface area contributed by atoms with Crippen molar-refractivity contribution in [3.8, 4) is 0 Å². The number of hydroxylamine groups is 1. The highest BCUT2D eigenvalue weighted by Gasteiger charge is 2.31. The van der Waals surface area contributed by atoms with E-state index in [0.717, 1.165) is 5.57 Å². The molecule has 1 aliphatic rings. The Kier molecular flexibility index (Phi) is 2.28. The van der Waals surface area contributed by atoms with Crippen LogP contribution >= 0.6 is 0 Å². The Morgan fingerprint density at radius 2 is 2.55 bits per heavy atom. The van der Waals surface area contributed by atoms with Crippen LogP contribution < -0.4 is 10.2 Å². The van der Waals surface area contributed by atoms with Gasteiger partial charge >= 0.3 is 0 Å². The van der Waals surface area contributed by atoms with E-state index in [9.17, 15) is 8.76 Å². The average Bonchev–Trinajstić information content (AvgIpc) is 2.11. The lowest BCUT2D eigenvalue weighted by molar-refractivity contribution is -0.0373. The lowest BCUT2D eigenvalue weighted by Gasteiger charge is -2.26. The van der Waals surface area contributed by atoms with Gasteiger partial charge in [0.1, 0.15) is 0 Å². The Morgan fingerprint density at radius 1 is 1.91 bits per heavy atom. The maximum atomic E-state index is 10.3. The van der Waals surface area contributed by atoms with Crippen LogP contribution in [0.4, 0.5) is 0 Å². The van der Waals surface area contributed by atoms with Crippen molar-refractivity contribution in [3.63, 3.8) is 0 Å². The van der Waals surface area contributed by atoms with E-state index < -0.39 is 17.0 Å². The molecule has 0 saturated carbocycles. The van der Waals surface area contributed by atoms with Gasteiger partial charge in [0.05, 0.1) is 0 Å². The summed E-state index contributed by atoms with van der Waals surface area (Å²) >= 11 is -2.32. The highest BCUT2D eigenvalue weighted by Crippen LogP contribution is 2.20. The van der Waals surface area contributed by atoms with E-state index in [1.54, 1.807) is 20.0 Å². The third-order valence-electron chi connectivity index (χ3n) is 1.57. The van der Waals surface area contributed by atoms with Gasteiger partial charge in [-0.15, -0.1) is 0 Å². The molecule has 0 amide bonds. The second kappa shape index (κ2) is 2.90. The lowest BCUT2D eigenvalue weighted by atomic mass is 10.1. The fourth-order valence-electron chi connectivity index (χ4n) is 0.714. The third-order valence-corrected chi connectivity index (χ3v) is 2.13. The highest BCUT2D eigenvalue weighted by molar-refractivity contribution is 7.77. The molecule has 0 fully saturated rings. The summed E-state index contributed by atoms with van der Waals surface area (Å²) in [4.78, 5) is 4.92. The Hall–Kier alpha value is -0.430. The molecule has 0 aromatic rings. The Bertz CT molecular complexity index is 218. The number of rotatable bonds is 2. The van der Waals surface area contributed by atoms with Gasteiger partial charge in [0.25, 0.3) is 0 Å². The summed E-state index contributed by atoms with van der Waals surface area (Å²) in [6, 6.07) is 0. The van der Waals surface area contributed by atoms with Crippen molar-refractivity contribution in [1.82, 2.24) is 10.2 Å². The maximum absolute atomic E-state index is 10.3. The minimum atomic E-state index is -2.32. The first-order valence-corrected chi connectivity index (χ1v) is 4.10. The van der Waals surface area contributed by atoms with Gasteiger partial charge in [0.15, 0.2) is 5.72 Å². The van der Waals surface area contributed by atoms with Crippen molar-refractivity contribution in [2.75, 3.05) is 0 Å². The van der Waals surface area contributed by atoms with Crippen LogP contribution in [0.2, 0.25) is 0 Å². The van der Waals surface area contributed by atoms with E-state index in [1.807, 2.05) is 0 Å². The molecule has 0 radical (unpaired) electrons.